The summed E-state index contributed by atoms with van der Waals surface area (Å²) in [5, 5.41) is -0.459. The number of Topliss-reactive ketones (excluding diaryl/α,β-unsaturated/α-hetero) is 1. The van der Waals surface area contributed by atoms with Crippen molar-refractivity contribution in [3.05, 3.63) is 34.9 Å². The Morgan fingerprint density at radius 2 is 2.00 bits per heavy atom. The van der Waals surface area contributed by atoms with Crippen LogP contribution in [0, 0.1) is 13.8 Å². The first-order valence-corrected chi connectivity index (χ1v) is 7.83. The maximum absolute atomic E-state index is 12.3. The van der Waals surface area contributed by atoms with Crippen LogP contribution in [0.2, 0.25) is 0 Å². The molecule has 0 saturated heterocycles. The van der Waals surface area contributed by atoms with Crippen LogP contribution in [0.25, 0.3) is 0 Å². The lowest BCUT2D eigenvalue weighted by molar-refractivity contribution is 0.0992. The molecule has 4 heteroatoms. The van der Waals surface area contributed by atoms with Crippen molar-refractivity contribution in [2.75, 3.05) is 19.5 Å². The third-order valence-corrected chi connectivity index (χ3v) is 4.94. The first-order valence-electron chi connectivity index (χ1n) is 6.45. The minimum absolute atomic E-state index is 0.0427. The monoisotopic (exact) mass is 282 g/mol. The topological polar surface area (TPSA) is 43.4 Å². The number of ether oxygens (including phenoxy) is 1. The predicted molar refractivity (Wildman–Crippen MR) is 79.2 cm³/mol. The summed E-state index contributed by atoms with van der Waals surface area (Å²) in [6.45, 7) is 6.30. The molecule has 0 aromatic heterocycles. The third kappa shape index (κ3) is 4.55. The Kier molecular flexibility index (Phi) is 6.38. The van der Waals surface area contributed by atoms with Gasteiger partial charge in [0, 0.05) is 35.8 Å². The number of aryl methyl sites for hydroxylation is 2. The van der Waals surface area contributed by atoms with Crippen molar-refractivity contribution in [1.82, 2.24) is 0 Å². The highest BCUT2D eigenvalue weighted by molar-refractivity contribution is 7.86. The van der Waals surface area contributed by atoms with Crippen LogP contribution in [0.3, 0.4) is 0 Å². The Labute approximate surface area is 117 Å². The molecule has 0 fully saturated rings. The third-order valence-electron chi connectivity index (χ3n) is 3.25. The van der Waals surface area contributed by atoms with E-state index in [9.17, 15) is 9.00 Å². The zero-order valence-corrected chi connectivity index (χ0v) is 12.9. The lowest BCUT2D eigenvalue weighted by Gasteiger charge is -2.11. The smallest absolute Gasteiger partial charge is 0.178 e. The SMILES string of the molecule is COCCCS(=O)C(C)C(=O)c1ccc(C)c(C)c1. The van der Waals surface area contributed by atoms with E-state index in [1.54, 1.807) is 14.0 Å². The van der Waals surface area contributed by atoms with Crippen LogP contribution in [-0.2, 0) is 15.5 Å². The predicted octanol–water partition coefficient (Wildman–Crippen LogP) is 2.66. The fourth-order valence-electron chi connectivity index (χ4n) is 1.77. The largest absolute Gasteiger partial charge is 0.385 e. The van der Waals surface area contributed by atoms with E-state index in [4.69, 9.17) is 4.74 Å². The van der Waals surface area contributed by atoms with E-state index in [2.05, 4.69) is 0 Å². The zero-order chi connectivity index (χ0) is 14.4. The minimum Gasteiger partial charge on any atom is -0.385 e. The molecule has 1 rings (SSSR count). The minimum atomic E-state index is -1.14. The van der Waals surface area contributed by atoms with Gasteiger partial charge in [-0.3, -0.25) is 9.00 Å². The number of hydrogen-bond donors (Lipinski definition) is 0. The summed E-state index contributed by atoms with van der Waals surface area (Å²) in [5.41, 5.74) is 2.89. The van der Waals surface area contributed by atoms with E-state index < -0.39 is 16.0 Å². The molecule has 1 aromatic rings. The molecule has 0 aliphatic heterocycles. The summed E-state index contributed by atoms with van der Waals surface area (Å²) in [5.74, 6) is 0.463. The number of carbonyl (C=O) groups excluding carboxylic acids is 1. The van der Waals surface area contributed by atoms with Gasteiger partial charge in [0.1, 0.15) is 0 Å². The van der Waals surface area contributed by atoms with Crippen LogP contribution in [-0.4, -0.2) is 34.7 Å². The summed E-state index contributed by atoms with van der Waals surface area (Å²) in [6.07, 6.45) is 0.716. The van der Waals surface area contributed by atoms with Crippen LogP contribution in [0.1, 0.15) is 34.8 Å². The fourth-order valence-corrected chi connectivity index (χ4v) is 2.90. The molecule has 0 bridgehead atoms. The van der Waals surface area contributed by atoms with Crippen molar-refractivity contribution in [2.45, 2.75) is 32.4 Å². The Morgan fingerprint density at radius 1 is 1.32 bits per heavy atom. The second kappa shape index (κ2) is 7.56. The van der Waals surface area contributed by atoms with Gasteiger partial charge in [-0.15, -0.1) is 0 Å². The molecular formula is C15H22O3S. The van der Waals surface area contributed by atoms with E-state index >= 15 is 0 Å². The highest BCUT2D eigenvalue weighted by atomic mass is 32.2. The Bertz CT molecular complexity index is 468. The molecule has 0 aliphatic rings. The van der Waals surface area contributed by atoms with Gasteiger partial charge in [0.15, 0.2) is 5.78 Å². The Balaban J connectivity index is 2.70. The number of benzene rings is 1. The molecule has 106 valence electrons. The highest BCUT2D eigenvalue weighted by Crippen LogP contribution is 2.14. The summed E-state index contributed by atoms with van der Waals surface area (Å²) in [4.78, 5) is 12.3. The molecule has 0 amide bonds. The standard InChI is InChI=1S/C15H22O3S/c1-11-6-7-14(10-12(11)2)15(16)13(3)19(17)9-5-8-18-4/h6-7,10,13H,5,8-9H2,1-4H3. The van der Waals surface area contributed by atoms with E-state index in [1.807, 2.05) is 32.0 Å². The lowest BCUT2D eigenvalue weighted by atomic mass is 10.0. The summed E-state index contributed by atoms with van der Waals surface area (Å²) < 4.78 is 16.9. The van der Waals surface area contributed by atoms with Crippen molar-refractivity contribution < 1.29 is 13.7 Å². The molecule has 19 heavy (non-hydrogen) atoms. The van der Waals surface area contributed by atoms with Gasteiger partial charge in [0.2, 0.25) is 0 Å². The molecule has 0 saturated carbocycles. The normalized spacial score (nSPS) is 14.1. The molecule has 1 aromatic carbocycles. The number of methoxy groups -OCH3 is 1. The number of rotatable bonds is 7. The molecular weight excluding hydrogens is 260 g/mol. The molecule has 0 N–H and O–H groups in total. The molecule has 3 nitrogen and oxygen atoms in total. The average Bonchev–Trinajstić information content (AvgIpc) is 2.40. The number of ketones is 1. The van der Waals surface area contributed by atoms with Crippen molar-refractivity contribution in [3.8, 4) is 0 Å². The van der Waals surface area contributed by atoms with E-state index in [0.717, 1.165) is 11.1 Å². The molecule has 0 aliphatic carbocycles. The first-order chi connectivity index (χ1) is 8.97. The van der Waals surface area contributed by atoms with Crippen LogP contribution >= 0.6 is 0 Å². The van der Waals surface area contributed by atoms with Gasteiger partial charge in [-0.2, -0.15) is 0 Å². The van der Waals surface area contributed by atoms with Gasteiger partial charge < -0.3 is 4.74 Å². The average molecular weight is 282 g/mol. The van der Waals surface area contributed by atoms with Crippen LogP contribution in [0.15, 0.2) is 18.2 Å². The van der Waals surface area contributed by atoms with Gasteiger partial charge in [0.25, 0.3) is 0 Å². The molecule has 2 unspecified atom stereocenters. The highest BCUT2D eigenvalue weighted by Gasteiger charge is 2.21. The van der Waals surface area contributed by atoms with Gasteiger partial charge >= 0.3 is 0 Å². The summed E-state index contributed by atoms with van der Waals surface area (Å²) >= 11 is 0. The maximum atomic E-state index is 12.3. The van der Waals surface area contributed by atoms with Gasteiger partial charge in [-0.05, 0) is 44.4 Å². The van der Waals surface area contributed by atoms with Crippen molar-refractivity contribution in [2.24, 2.45) is 0 Å². The quantitative estimate of drug-likeness (QED) is 0.570. The lowest BCUT2D eigenvalue weighted by Crippen LogP contribution is -2.25. The molecule has 2 atom stereocenters. The molecule has 0 radical (unpaired) electrons. The van der Waals surface area contributed by atoms with Crippen molar-refractivity contribution >= 4 is 16.6 Å². The van der Waals surface area contributed by atoms with Crippen molar-refractivity contribution in [3.63, 3.8) is 0 Å². The second-order valence-electron chi connectivity index (χ2n) is 4.74. The van der Waals surface area contributed by atoms with Gasteiger partial charge in [-0.25, -0.2) is 0 Å². The van der Waals surface area contributed by atoms with Crippen LogP contribution in [0.4, 0.5) is 0 Å². The van der Waals surface area contributed by atoms with E-state index in [0.29, 0.717) is 24.3 Å². The number of carbonyl (C=O) groups is 1. The van der Waals surface area contributed by atoms with Crippen molar-refractivity contribution in [1.29, 1.82) is 0 Å². The second-order valence-corrected chi connectivity index (χ2v) is 6.61. The van der Waals surface area contributed by atoms with E-state index in [-0.39, 0.29) is 5.78 Å². The Hall–Kier alpha value is -1.00. The molecule has 0 heterocycles. The van der Waals surface area contributed by atoms with Crippen LogP contribution in [0.5, 0.6) is 0 Å². The number of hydrogen-bond acceptors (Lipinski definition) is 3. The maximum Gasteiger partial charge on any atom is 0.178 e. The summed E-state index contributed by atoms with van der Waals surface area (Å²) in [6, 6.07) is 5.62. The Morgan fingerprint density at radius 3 is 2.58 bits per heavy atom. The van der Waals surface area contributed by atoms with Crippen LogP contribution < -0.4 is 0 Å². The van der Waals surface area contributed by atoms with Gasteiger partial charge in [0.05, 0.1) is 5.25 Å². The van der Waals surface area contributed by atoms with Gasteiger partial charge in [-0.1, -0.05) is 12.1 Å². The zero-order valence-electron chi connectivity index (χ0n) is 12.1. The molecule has 0 spiro atoms. The summed E-state index contributed by atoms with van der Waals surface area (Å²) in [7, 11) is 0.479. The first kappa shape index (κ1) is 16.1. The fraction of sp³-hybridized carbons (Fsp3) is 0.533. The van der Waals surface area contributed by atoms with E-state index in [1.165, 1.54) is 0 Å².